The van der Waals surface area contributed by atoms with Gasteiger partial charge < -0.3 is 9.84 Å². The fourth-order valence-electron chi connectivity index (χ4n) is 2.26. The predicted molar refractivity (Wildman–Crippen MR) is 81.6 cm³/mol. The third-order valence-corrected chi connectivity index (χ3v) is 3.85. The Morgan fingerprint density at radius 2 is 1.52 bits per heavy atom. The highest BCUT2D eigenvalue weighted by Crippen LogP contribution is 2.20. The third-order valence-electron chi connectivity index (χ3n) is 3.85. The Kier molecular flexibility index (Phi) is 6.92. The summed E-state index contributed by atoms with van der Waals surface area (Å²) in [7, 11) is 0. The zero-order valence-electron chi connectivity index (χ0n) is 13.0. The Hall–Kier alpha value is -1.84. The summed E-state index contributed by atoms with van der Waals surface area (Å²) in [4.78, 5) is 22.9. The molecule has 0 saturated heterocycles. The molecular formula is C17H24O4. The lowest BCUT2D eigenvalue weighted by Crippen LogP contribution is -2.20. The largest absolute Gasteiger partial charge is 0.478 e. The number of esters is 1. The van der Waals surface area contributed by atoms with Gasteiger partial charge in [-0.3, -0.25) is 0 Å². The van der Waals surface area contributed by atoms with Gasteiger partial charge in [-0.1, -0.05) is 33.6 Å². The van der Waals surface area contributed by atoms with Crippen LogP contribution < -0.4 is 0 Å². The van der Waals surface area contributed by atoms with Crippen molar-refractivity contribution in [3.8, 4) is 0 Å². The molecule has 0 saturated carbocycles. The number of hydrogen-bond donors (Lipinski definition) is 1. The highest BCUT2D eigenvalue weighted by Gasteiger charge is 2.18. The fourth-order valence-corrected chi connectivity index (χ4v) is 2.26. The molecule has 0 unspecified atom stereocenters. The second-order valence-electron chi connectivity index (χ2n) is 5.24. The maximum Gasteiger partial charge on any atom is 0.338 e. The first-order valence-corrected chi connectivity index (χ1v) is 7.56. The summed E-state index contributed by atoms with van der Waals surface area (Å²) in [5.74, 6) is -0.822. The fraction of sp³-hybridized carbons (Fsp3) is 0.529. The van der Waals surface area contributed by atoms with Gasteiger partial charge in [-0.05, 0) is 43.0 Å². The van der Waals surface area contributed by atoms with Crippen LogP contribution in [0, 0.1) is 5.92 Å². The molecule has 0 aliphatic heterocycles. The van der Waals surface area contributed by atoms with Gasteiger partial charge in [0.2, 0.25) is 0 Å². The molecular weight excluding hydrogens is 268 g/mol. The zero-order chi connectivity index (χ0) is 15.8. The number of carboxylic acid groups (broad SMARTS) is 1. The smallest absolute Gasteiger partial charge is 0.338 e. The van der Waals surface area contributed by atoms with Crippen LogP contribution in [-0.4, -0.2) is 23.1 Å². The molecule has 1 N–H and O–H groups in total. The van der Waals surface area contributed by atoms with E-state index in [4.69, 9.17) is 9.84 Å². The molecule has 0 radical (unpaired) electrons. The van der Waals surface area contributed by atoms with E-state index in [0.29, 0.717) is 11.5 Å². The van der Waals surface area contributed by atoms with Gasteiger partial charge >= 0.3 is 11.9 Å². The number of benzene rings is 1. The Labute approximate surface area is 126 Å². The van der Waals surface area contributed by atoms with Crippen LogP contribution >= 0.6 is 0 Å². The van der Waals surface area contributed by atoms with E-state index in [1.807, 2.05) is 6.92 Å². The Morgan fingerprint density at radius 3 is 1.95 bits per heavy atom. The van der Waals surface area contributed by atoms with Crippen LogP contribution in [0.1, 0.15) is 67.2 Å². The zero-order valence-corrected chi connectivity index (χ0v) is 13.0. The summed E-state index contributed by atoms with van der Waals surface area (Å²) >= 11 is 0. The molecule has 0 aliphatic carbocycles. The summed E-state index contributed by atoms with van der Waals surface area (Å²) < 4.78 is 5.53. The average molecular weight is 292 g/mol. The van der Waals surface area contributed by atoms with Crippen LogP contribution in [0.25, 0.3) is 0 Å². The normalized spacial score (nSPS) is 12.2. The molecule has 1 aromatic rings. The first-order chi connectivity index (χ1) is 10.0. The minimum atomic E-state index is -1.00. The number of ether oxygens (including phenoxy) is 1. The minimum Gasteiger partial charge on any atom is -0.478 e. The average Bonchev–Trinajstić information content (AvgIpc) is 2.51. The number of carbonyl (C=O) groups is 2. The van der Waals surface area contributed by atoms with Gasteiger partial charge in [-0.25, -0.2) is 9.59 Å². The summed E-state index contributed by atoms with van der Waals surface area (Å²) in [5, 5.41) is 8.84. The lowest BCUT2D eigenvalue weighted by atomic mass is 9.95. The van der Waals surface area contributed by atoms with Crippen LogP contribution in [0.2, 0.25) is 0 Å². The summed E-state index contributed by atoms with van der Waals surface area (Å²) in [6.45, 7) is 6.30. The molecule has 0 heterocycles. The van der Waals surface area contributed by atoms with Gasteiger partial charge in [0.25, 0.3) is 0 Å². The summed E-state index contributed by atoms with van der Waals surface area (Å²) in [5.41, 5.74) is 0.554. The van der Waals surface area contributed by atoms with Crippen molar-refractivity contribution >= 4 is 11.9 Å². The van der Waals surface area contributed by atoms with Crippen molar-refractivity contribution < 1.29 is 19.4 Å². The molecule has 0 aromatic heterocycles. The SMILES string of the molecule is CCC(CC)C[C@@H](CC)OC(=O)c1ccc(C(=O)O)cc1. The molecule has 116 valence electrons. The van der Waals surface area contributed by atoms with Crippen LogP contribution in [0.5, 0.6) is 0 Å². The third kappa shape index (κ3) is 5.21. The van der Waals surface area contributed by atoms with Crippen LogP contribution in [0.3, 0.4) is 0 Å². The van der Waals surface area contributed by atoms with E-state index >= 15 is 0 Å². The van der Waals surface area contributed by atoms with Crippen LogP contribution in [-0.2, 0) is 4.74 Å². The highest BCUT2D eigenvalue weighted by atomic mass is 16.5. The lowest BCUT2D eigenvalue weighted by molar-refractivity contribution is 0.0228. The molecule has 1 rings (SSSR count). The standard InChI is InChI=1S/C17H24O4/c1-4-12(5-2)11-15(6-3)21-17(20)14-9-7-13(8-10-14)16(18)19/h7-10,12,15H,4-6,11H2,1-3H3,(H,18,19)/t15-/m1/s1. The molecule has 1 atom stereocenters. The van der Waals surface area contributed by atoms with Crippen molar-refractivity contribution in [2.75, 3.05) is 0 Å². The van der Waals surface area contributed by atoms with Crippen molar-refractivity contribution in [1.29, 1.82) is 0 Å². The molecule has 4 nitrogen and oxygen atoms in total. The van der Waals surface area contributed by atoms with E-state index in [1.165, 1.54) is 24.3 Å². The van der Waals surface area contributed by atoms with E-state index in [2.05, 4.69) is 13.8 Å². The molecule has 0 spiro atoms. The molecule has 0 aliphatic rings. The maximum atomic E-state index is 12.1. The first kappa shape index (κ1) is 17.2. The van der Waals surface area contributed by atoms with Gasteiger partial charge in [0.1, 0.15) is 6.10 Å². The van der Waals surface area contributed by atoms with Gasteiger partial charge in [-0.2, -0.15) is 0 Å². The van der Waals surface area contributed by atoms with Crippen molar-refractivity contribution in [3.63, 3.8) is 0 Å². The number of carbonyl (C=O) groups excluding carboxylic acids is 1. The summed E-state index contributed by atoms with van der Waals surface area (Å²) in [6, 6.07) is 5.83. The van der Waals surface area contributed by atoms with Crippen molar-refractivity contribution in [2.24, 2.45) is 5.92 Å². The molecule has 21 heavy (non-hydrogen) atoms. The molecule has 0 bridgehead atoms. The van der Waals surface area contributed by atoms with Crippen LogP contribution in [0.15, 0.2) is 24.3 Å². The van der Waals surface area contributed by atoms with Gasteiger partial charge in [0.15, 0.2) is 0 Å². The second kappa shape index (κ2) is 8.45. The van der Waals surface area contributed by atoms with Crippen molar-refractivity contribution in [1.82, 2.24) is 0 Å². The van der Waals surface area contributed by atoms with Crippen LogP contribution in [0.4, 0.5) is 0 Å². The summed E-state index contributed by atoms with van der Waals surface area (Å²) in [6.07, 6.45) is 3.75. The van der Waals surface area contributed by atoms with Gasteiger partial charge in [0, 0.05) is 0 Å². The Balaban J connectivity index is 2.67. The second-order valence-corrected chi connectivity index (χ2v) is 5.24. The first-order valence-electron chi connectivity index (χ1n) is 7.56. The predicted octanol–water partition coefficient (Wildman–Crippen LogP) is 4.15. The topological polar surface area (TPSA) is 63.6 Å². The van der Waals surface area contributed by atoms with E-state index in [1.54, 1.807) is 0 Å². The molecule has 0 fully saturated rings. The quantitative estimate of drug-likeness (QED) is 0.731. The van der Waals surface area contributed by atoms with E-state index < -0.39 is 5.97 Å². The molecule has 1 aromatic carbocycles. The Morgan fingerprint density at radius 1 is 1.00 bits per heavy atom. The van der Waals surface area contributed by atoms with Gasteiger partial charge in [-0.15, -0.1) is 0 Å². The number of hydrogen-bond acceptors (Lipinski definition) is 3. The van der Waals surface area contributed by atoms with E-state index in [0.717, 1.165) is 25.7 Å². The molecule has 4 heteroatoms. The number of carboxylic acids is 1. The number of rotatable bonds is 8. The highest BCUT2D eigenvalue weighted by molar-refractivity contribution is 5.92. The monoisotopic (exact) mass is 292 g/mol. The lowest BCUT2D eigenvalue weighted by Gasteiger charge is -2.21. The van der Waals surface area contributed by atoms with Gasteiger partial charge in [0.05, 0.1) is 11.1 Å². The minimum absolute atomic E-state index is 0.0819. The molecule has 0 amide bonds. The van der Waals surface area contributed by atoms with E-state index in [9.17, 15) is 9.59 Å². The number of aromatic carboxylic acids is 1. The Bertz CT molecular complexity index is 460. The maximum absolute atomic E-state index is 12.1. The van der Waals surface area contributed by atoms with E-state index in [-0.39, 0.29) is 17.6 Å². The van der Waals surface area contributed by atoms with Crippen molar-refractivity contribution in [3.05, 3.63) is 35.4 Å². The van der Waals surface area contributed by atoms with Crippen molar-refractivity contribution in [2.45, 2.75) is 52.6 Å².